The molecule has 0 saturated heterocycles. The minimum absolute atomic E-state index is 0.663. The fourth-order valence-corrected chi connectivity index (χ4v) is 2.69. The van der Waals surface area contributed by atoms with Gasteiger partial charge >= 0.3 is 0 Å². The van der Waals surface area contributed by atoms with Crippen LogP contribution >= 0.6 is 0 Å². The van der Waals surface area contributed by atoms with E-state index in [0.29, 0.717) is 5.92 Å². The monoisotopic (exact) mass is 232 g/mol. The largest absolute Gasteiger partial charge is 0.313 e. The maximum Gasteiger partial charge on any atom is 0.0470 e. The minimum Gasteiger partial charge on any atom is -0.313 e. The number of rotatable bonds is 7. The SMILES string of the molecule is C=CCCC1CCCC1/C(C=C)=C/C=N\NC. The molecule has 2 unspecified atom stereocenters. The predicted molar refractivity (Wildman–Crippen MR) is 76.1 cm³/mol. The van der Waals surface area contributed by atoms with Crippen molar-refractivity contribution in [2.45, 2.75) is 32.1 Å². The van der Waals surface area contributed by atoms with Gasteiger partial charge in [0, 0.05) is 13.3 Å². The Morgan fingerprint density at radius 2 is 2.24 bits per heavy atom. The number of hydrazone groups is 1. The van der Waals surface area contributed by atoms with Crippen LogP contribution in [0.1, 0.15) is 32.1 Å². The van der Waals surface area contributed by atoms with Gasteiger partial charge in [-0.2, -0.15) is 5.10 Å². The van der Waals surface area contributed by atoms with E-state index in [4.69, 9.17) is 0 Å². The molecule has 1 saturated carbocycles. The van der Waals surface area contributed by atoms with Crippen LogP contribution in [-0.2, 0) is 0 Å². The highest BCUT2D eigenvalue weighted by atomic mass is 15.3. The Morgan fingerprint density at radius 3 is 2.88 bits per heavy atom. The van der Waals surface area contributed by atoms with E-state index >= 15 is 0 Å². The summed E-state index contributed by atoms with van der Waals surface area (Å²) >= 11 is 0. The molecule has 94 valence electrons. The lowest BCUT2D eigenvalue weighted by Crippen LogP contribution is -2.10. The first-order valence-electron chi connectivity index (χ1n) is 6.46. The summed E-state index contributed by atoms with van der Waals surface area (Å²) in [5, 5.41) is 4.00. The van der Waals surface area contributed by atoms with Gasteiger partial charge in [-0.1, -0.05) is 25.2 Å². The third kappa shape index (κ3) is 4.22. The van der Waals surface area contributed by atoms with Crippen molar-refractivity contribution in [3.05, 3.63) is 37.0 Å². The Hall–Kier alpha value is -1.31. The Morgan fingerprint density at radius 1 is 1.41 bits per heavy atom. The van der Waals surface area contributed by atoms with E-state index < -0.39 is 0 Å². The first kappa shape index (κ1) is 13.8. The second-order valence-electron chi connectivity index (χ2n) is 4.54. The summed E-state index contributed by atoms with van der Waals surface area (Å²) in [6, 6.07) is 0. The third-order valence-corrected chi connectivity index (χ3v) is 3.54. The Bertz CT molecular complexity index is 302. The molecule has 1 aliphatic carbocycles. The molecule has 2 atom stereocenters. The van der Waals surface area contributed by atoms with Gasteiger partial charge in [-0.15, -0.1) is 6.58 Å². The fourth-order valence-electron chi connectivity index (χ4n) is 2.69. The molecule has 0 spiro atoms. The molecule has 0 aliphatic heterocycles. The number of allylic oxidation sites excluding steroid dienone is 4. The van der Waals surface area contributed by atoms with Crippen LogP contribution in [0.25, 0.3) is 0 Å². The van der Waals surface area contributed by atoms with Crippen LogP contribution in [0.15, 0.2) is 42.1 Å². The van der Waals surface area contributed by atoms with Crippen LogP contribution in [0.2, 0.25) is 0 Å². The molecular weight excluding hydrogens is 208 g/mol. The van der Waals surface area contributed by atoms with Gasteiger partial charge in [0.1, 0.15) is 0 Å². The van der Waals surface area contributed by atoms with E-state index in [-0.39, 0.29) is 0 Å². The molecule has 0 aromatic carbocycles. The second-order valence-corrected chi connectivity index (χ2v) is 4.54. The molecule has 17 heavy (non-hydrogen) atoms. The Labute approximate surface area is 105 Å². The zero-order valence-electron chi connectivity index (χ0n) is 10.9. The van der Waals surface area contributed by atoms with Crippen LogP contribution in [0.4, 0.5) is 0 Å². The quantitative estimate of drug-likeness (QED) is 0.308. The van der Waals surface area contributed by atoms with Crippen molar-refractivity contribution in [3.8, 4) is 0 Å². The van der Waals surface area contributed by atoms with Gasteiger partial charge < -0.3 is 5.43 Å². The summed E-state index contributed by atoms with van der Waals surface area (Å²) < 4.78 is 0. The predicted octanol–water partition coefficient (Wildman–Crippen LogP) is 3.69. The van der Waals surface area contributed by atoms with Gasteiger partial charge in [-0.25, -0.2) is 0 Å². The summed E-state index contributed by atoms with van der Waals surface area (Å²) in [6.07, 6.45) is 14.2. The average Bonchev–Trinajstić information content (AvgIpc) is 2.80. The summed E-state index contributed by atoms with van der Waals surface area (Å²) in [5.41, 5.74) is 4.09. The van der Waals surface area contributed by atoms with E-state index in [1.54, 1.807) is 7.05 Å². The van der Waals surface area contributed by atoms with E-state index in [1.807, 2.05) is 18.4 Å². The average molecular weight is 232 g/mol. The Balaban J connectivity index is 2.66. The van der Waals surface area contributed by atoms with E-state index in [0.717, 1.165) is 12.3 Å². The number of hydrogen-bond donors (Lipinski definition) is 1. The van der Waals surface area contributed by atoms with Gasteiger partial charge in [0.2, 0.25) is 0 Å². The number of nitrogens with zero attached hydrogens (tertiary/aromatic N) is 1. The molecule has 2 heteroatoms. The van der Waals surface area contributed by atoms with Crippen LogP contribution in [0, 0.1) is 11.8 Å². The number of hydrogen-bond acceptors (Lipinski definition) is 2. The standard InChI is InChI=1S/C15H24N2/c1-4-6-8-14-9-7-10-15(14)13(5-2)11-12-17-16-3/h4-5,11-12,14-16H,1-2,6-10H2,3H3/b13-11+,17-12-. The Kier molecular flexibility index (Phi) is 6.38. The maximum atomic E-state index is 4.00. The van der Waals surface area contributed by atoms with Crippen molar-refractivity contribution in [2.24, 2.45) is 16.9 Å². The summed E-state index contributed by atoms with van der Waals surface area (Å²) in [4.78, 5) is 0. The van der Waals surface area contributed by atoms with Crippen molar-refractivity contribution in [3.63, 3.8) is 0 Å². The summed E-state index contributed by atoms with van der Waals surface area (Å²) in [6.45, 7) is 7.74. The van der Waals surface area contributed by atoms with Crippen LogP contribution in [0.5, 0.6) is 0 Å². The zero-order chi connectivity index (χ0) is 12.5. The topological polar surface area (TPSA) is 24.4 Å². The van der Waals surface area contributed by atoms with Gasteiger partial charge in [0.15, 0.2) is 0 Å². The normalized spacial score (nSPS) is 25.1. The zero-order valence-corrected chi connectivity index (χ0v) is 10.9. The summed E-state index contributed by atoms with van der Waals surface area (Å²) in [7, 11) is 1.81. The van der Waals surface area contributed by atoms with Crippen molar-refractivity contribution in [1.29, 1.82) is 0 Å². The molecular formula is C15H24N2. The summed E-state index contributed by atoms with van der Waals surface area (Å²) in [5.74, 6) is 1.45. The minimum atomic E-state index is 0.663. The fraction of sp³-hybridized carbons (Fsp3) is 0.533. The first-order valence-corrected chi connectivity index (χ1v) is 6.46. The third-order valence-electron chi connectivity index (χ3n) is 3.54. The molecule has 0 amide bonds. The molecule has 0 bridgehead atoms. The highest BCUT2D eigenvalue weighted by Crippen LogP contribution is 2.39. The molecule has 1 N–H and O–H groups in total. The van der Waals surface area contributed by atoms with Crippen LogP contribution < -0.4 is 5.43 Å². The van der Waals surface area contributed by atoms with E-state index in [1.165, 1.54) is 31.3 Å². The van der Waals surface area contributed by atoms with Crippen molar-refractivity contribution in [1.82, 2.24) is 5.43 Å². The molecule has 0 aromatic heterocycles. The van der Waals surface area contributed by atoms with Crippen molar-refractivity contribution in [2.75, 3.05) is 7.05 Å². The van der Waals surface area contributed by atoms with Crippen molar-refractivity contribution < 1.29 is 0 Å². The highest BCUT2D eigenvalue weighted by molar-refractivity contribution is 5.72. The molecule has 1 aliphatic rings. The smallest absolute Gasteiger partial charge is 0.0470 e. The van der Waals surface area contributed by atoms with Gasteiger partial charge in [-0.3, -0.25) is 0 Å². The van der Waals surface area contributed by atoms with E-state index in [2.05, 4.69) is 29.8 Å². The first-order chi connectivity index (χ1) is 8.33. The lowest BCUT2D eigenvalue weighted by atomic mass is 9.85. The van der Waals surface area contributed by atoms with E-state index in [9.17, 15) is 0 Å². The maximum absolute atomic E-state index is 4.00. The molecule has 0 aromatic rings. The molecule has 1 rings (SSSR count). The second kappa shape index (κ2) is 7.88. The highest BCUT2D eigenvalue weighted by Gasteiger charge is 2.27. The van der Waals surface area contributed by atoms with Gasteiger partial charge in [0.25, 0.3) is 0 Å². The molecule has 2 nitrogen and oxygen atoms in total. The molecule has 0 heterocycles. The lowest BCUT2D eigenvalue weighted by molar-refractivity contribution is 0.419. The molecule has 0 radical (unpaired) electrons. The lowest BCUT2D eigenvalue weighted by Gasteiger charge is -2.20. The van der Waals surface area contributed by atoms with Crippen LogP contribution in [0.3, 0.4) is 0 Å². The van der Waals surface area contributed by atoms with Crippen LogP contribution in [-0.4, -0.2) is 13.3 Å². The molecule has 1 fully saturated rings. The number of nitrogens with one attached hydrogen (secondary N) is 1. The van der Waals surface area contributed by atoms with Gasteiger partial charge in [-0.05, 0) is 49.2 Å². The van der Waals surface area contributed by atoms with Crippen molar-refractivity contribution >= 4 is 6.21 Å². The van der Waals surface area contributed by atoms with Gasteiger partial charge in [0.05, 0.1) is 0 Å².